The lowest BCUT2D eigenvalue weighted by molar-refractivity contribution is -0.119. The van der Waals surface area contributed by atoms with Gasteiger partial charge in [-0.2, -0.15) is 0 Å². The highest BCUT2D eigenvalue weighted by atomic mass is 16.6. The van der Waals surface area contributed by atoms with Crippen molar-refractivity contribution in [2.75, 3.05) is 32.2 Å². The van der Waals surface area contributed by atoms with Crippen molar-refractivity contribution in [3.05, 3.63) is 60.2 Å². The Hall–Kier alpha value is -3.74. The molecule has 0 unspecified atom stereocenters. The number of benzene rings is 3. The van der Waals surface area contributed by atoms with E-state index in [-0.39, 0.29) is 5.56 Å². The zero-order valence-corrected chi connectivity index (χ0v) is 15.8. The Labute approximate surface area is 167 Å². The number of rotatable bonds is 5. The number of carbonyl (C=O) groups is 2. The highest BCUT2D eigenvalue weighted by molar-refractivity contribution is 6.03. The molecular weight excluding hydrogens is 374 g/mol. The number of ether oxygens (including phenoxy) is 4. The third kappa shape index (κ3) is 3.94. The largest absolute Gasteiger partial charge is 0.493 e. The maximum atomic E-state index is 12.4. The molecule has 0 saturated carbocycles. The smallest absolute Gasteiger partial charge is 0.338 e. The standard InChI is InChI=1S/C22H19NO6/c1-26-18-11-15(12-19-21(18)28-10-9-27-19)22(25)29-13-20(24)23-17-8-4-6-14-5-2-3-7-16(14)17/h2-8,11-12H,9-10,13H2,1H3,(H,23,24). The molecule has 29 heavy (non-hydrogen) atoms. The van der Waals surface area contributed by atoms with E-state index in [4.69, 9.17) is 18.9 Å². The number of anilines is 1. The average Bonchev–Trinajstić information content (AvgIpc) is 2.77. The fourth-order valence-corrected chi connectivity index (χ4v) is 3.13. The summed E-state index contributed by atoms with van der Waals surface area (Å²) in [6.07, 6.45) is 0. The molecule has 1 amide bonds. The van der Waals surface area contributed by atoms with Crippen molar-refractivity contribution in [3.8, 4) is 17.2 Å². The van der Waals surface area contributed by atoms with E-state index in [1.165, 1.54) is 19.2 Å². The first-order valence-corrected chi connectivity index (χ1v) is 9.08. The summed E-state index contributed by atoms with van der Waals surface area (Å²) in [5.41, 5.74) is 0.870. The third-order valence-corrected chi connectivity index (χ3v) is 4.46. The van der Waals surface area contributed by atoms with Crippen molar-refractivity contribution in [1.82, 2.24) is 0 Å². The molecule has 0 aromatic heterocycles. The highest BCUT2D eigenvalue weighted by Gasteiger charge is 2.22. The first-order valence-electron chi connectivity index (χ1n) is 9.08. The molecule has 0 fully saturated rings. The summed E-state index contributed by atoms with van der Waals surface area (Å²) in [5, 5.41) is 4.69. The van der Waals surface area contributed by atoms with Crippen LogP contribution in [0.4, 0.5) is 5.69 Å². The molecular formula is C22H19NO6. The number of hydrogen-bond donors (Lipinski definition) is 1. The number of methoxy groups -OCH3 is 1. The third-order valence-electron chi connectivity index (χ3n) is 4.46. The summed E-state index contributed by atoms with van der Waals surface area (Å²) in [5.74, 6) is 0.133. The van der Waals surface area contributed by atoms with Crippen LogP contribution in [-0.4, -0.2) is 38.8 Å². The Bertz CT molecular complexity index is 1060. The van der Waals surface area contributed by atoms with E-state index in [1.807, 2.05) is 36.4 Å². The predicted molar refractivity (Wildman–Crippen MR) is 107 cm³/mol. The molecule has 1 aliphatic rings. The number of esters is 1. The maximum Gasteiger partial charge on any atom is 0.338 e. The lowest BCUT2D eigenvalue weighted by Crippen LogP contribution is -2.21. The Morgan fingerprint density at radius 2 is 1.83 bits per heavy atom. The van der Waals surface area contributed by atoms with Gasteiger partial charge in [0.15, 0.2) is 18.1 Å². The Balaban J connectivity index is 1.43. The van der Waals surface area contributed by atoms with Gasteiger partial charge in [0.1, 0.15) is 13.2 Å². The molecule has 4 rings (SSSR count). The van der Waals surface area contributed by atoms with Crippen molar-refractivity contribution in [2.24, 2.45) is 0 Å². The monoisotopic (exact) mass is 393 g/mol. The van der Waals surface area contributed by atoms with Crippen LogP contribution in [0.15, 0.2) is 54.6 Å². The van der Waals surface area contributed by atoms with E-state index in [0.717, 1.165) is 10.8 Å². The van der Waals surface area contributed by atoms with Gasteiger partial charge in [-0.15, -0.1) is 0 Å². The minimum atomic E-state index is -0.659. The van der Waals surface area contributed by atoms with Gasteiger partial charge in [0.25, 0.3) is 5.91 Å². The molecule has 7 nitrogen and oxygen atoms in total. The summed E-state index contributed by atoms with van der Waals surface area (Å²) in [6.45, 7) is 0.363. The molecule has 0 bridgehead atoms. The van der Waals surface area contributed by atoms with Gasteiger partial charge in [-0.25, -0.2) is 4.79 Å². The topological polar surface area (TPSA) is 83.1 Å². The maximum absolute atomic E-state index is 12.4. The van der Waals surface area contributed by atoms with Gasteiger partial charge >= 0.3 is 5.97 Å². The van der Waals surface area contributed by atoms with Gasteiger partial charge in [-0.05, 0) is 23.6 Å². The van der Waals surface area contributed by atoms with Crippen LogP contribution in [0.1, 0.15) is 10.4 Å². The van der Waals surface area contributed by atoms with Crippen molar-refractivity contribution >= 4 is 28.3 Å². The quantitative estimate of drug-likeness (QED) is 0.669. The van der Waals surface area contributed by atoms with Gasteiger partial charge in [0.05, 0.1) is 12.7 Å². The number of carbonyl (C=O) groups excluding carboxylic acids is 2. The van der Waals surface area contributed by atoms with Gasteiger partial charge in [0, 0.05) is 11.1 Å². The minimum absolute atomic E-state index is 0.212. The van der Waals surface area contributed by atoms with Crippen LogP contribution >= 0.6 is 0 Å². The molecule has 0 atom stereocenters. The molecule has 3 aromatic rings. The Kier molecular flexibility index (Phi) is 5.20. The first-order chi connectivity index (χ1) is 14.2. The van der Waals surface area contributed by atoms with E-state index in [2.05, 4.69) is 5.32 Å². The van der Waals surface area contributed by atoms with Crippen LogP contribution in [-0.2, 0) is 9.53 Å². The van der Waals surface area contributed by atoms with Gasteiger partial charge in [-0.3, -0.25) is 4.79 Å². The predicted octanol–water partition coefficient (Wildman–Crippen LogP) is 3.42. The number of hydrogen-bond acceptors (Lipinski definition) is 6. The summed E-state index contributed by atoms with van der Waals surface area (Å²) in [4.78, 5) is 24.7. The zero-order chi connectivity index (χ0) is 20.2. The van der Waals surface area contributed by atoms with E-state index in [1.54, 1.807) is 6.07 Å². The Morgan fingerprint density at radius 1 is 1.03 bits per heavy atom. The molecule has 0 aliphatic carbocycles. The van der Waals surface area contributed by atoms with Crippen molar-refractivity contribution in [1.29, 1.82) is 0 Å². The molecule has 1 aliphatic heterocycles. The van der Waals surface area contributed by atoms with Crippen molar-refractivity contribution in [2.45, 2.75) is 0 Å². The first kappa shape index (κ1) is 18.6. The van der Waals surface area contributed by atoms with Crippen LogP contribution < -0.4 is 19.5 Å². The normalized spacial score (nSPS) is 12.3. The number of fused-ring (bicyclic) bond motifs is 2. The summed E-state index contributed by atoms with van der Waals surface area (Å²) < 4.78 is 21.4. The van der Waals surface area contributed by atoms with Crippen LogP contribution in [0.3, 0.4) is 0 Å². The average molecular weight is 393 g/mol. The molecule has 7 heteroatoms. The number of amides is 1. The van der Waals surface area contributed by atoms with Crippen LogP contribution in [0.25, 0.3) is 10.8 Å². The highest BCUT2D eigenvalue weighted by Crippen LogP contribution is 2.40. The van der Waals surface area contributed by atoms with Crippen LogP contribution in [0.2, 0.25) is 0 Å². The fourth-order valence-electron chi connectivity index (χ4n) is 3.13. The summed E-state index contributed by atoms with van der Waals surface area (Å²) >= 11 is 0. The van der Waals surface area contributed by atoms with Crippen molar-refractivity contribution < 1.29 is 28.5 Å². The second-order valence-electron chi connectivity index (χ2n) is 6.35. The Morgan fingerprint density at radius 3 is 2.69 bits per heavy atom. The van der Waals surface area contributed by atoms with E-state index >= 15 is 0 Å². The van der Waals surface area contributed by atoms with E-state index in [9.17, 15) is 9.59 Å². The summed E-state index contributed by atoms with van der Waals surface area (Å²) in [7, 11) is 1.47. The van der Waals surface area contributed by atoms with E-state index < -0.39 is 18.5 Å². The second kappa shape index (κ2) is 8.10. The van der Waals surface area contributed by atoms with Crippen molar-refractivity contribution in [3.63, 3.8) is 0 Å². The van der Waals surface area contributed by atoms with Gasteiger partial charge in [-0.1, -0.05) is 36.4 Å². The molecule has 1 N–H and O–H groups in total. The van der Waals surface area contributed by atoms with Gasteiger partial charge in [0.2, 0.25) is 5.75 Å². The molecule has 0 radical (unpaired) electrons. The molecule has 0 saturated heterocycles. The molecule has 148 valence electrons. The van der Waals surface area contributed by atoms with Crippen LogP contribution in [0.5, 0.6) is 17.2 Å². The SMILES string of the molecule is COc1cc(C(=O)OCC(=O)Nc2cccc3ccccc23)cc2c1OCCO2. The number of nitrogens with one attached hydrogen (secondary N) is 1. The fraction of sp³-hybridized carbons (Fsp3) is 0.182. The van der Waals surface area contributed by atoms with Crippen LogP contribution in [0, 0.1) is 0 Å². The lowest BCUT2D eigenvalue weighted by atomic mass is 10.1. The van der Waals surface area contributed by atoms with E-state index in [0.29, 0.717) is 36.1 Å². The zero-order valence-electron chi connectivity index (χ0n) is 15.8. The molecule has 3 aromatic carbocycles. The molecule has 0 spiro atoms. The lowest BCUT2D eigenvalue weighted by Gasteiger charge is -2.21. The van der Waals surface area contributed by atoms with Gasteiger partial charge < -0.3 is 24.3 Å². The molecule has 1 heterocycles. The summed E-state index contributed by atoms with van der Waals surface area (Å²) in [6, 6.07) is 16.3. The minimum Gasteiger partial charge on any atom is -0.493 e. The second-order valence-corrected chi connectivity index (χ2v) is 6.35.